The van der Waals surface area contributed by atoms with Crippen LogP contribution in [-0.2, 0) is 6.42 Å². The zero-order valence-electron chi connectivity index (χ0n) is 11.9. The van der Waals surface area contributed by atoms with Crippen LogP contribution in [0.4, 0.5) is 0 Å². The number of phenolic OH excluding ortho intramolecular Hbond substituents is 4. The fraction of sp³-hybridized carbons (Fsp3) is 0.250. The third kappa shape index (κ3) is 3.13. The maximum Gasteiger partial charge on any atom is 0.157 e. The molecule has 0 aliphatic carbocycles. The first-order chi connectivity index (χ1) is 9.92. The van der Waals surface area contributed by atoms with Crippen molar-refractivity contribution >= 4 is 0 Å². The summed E-state index contributed by atoms with van der Waals surface area (Å²) in [5.41, 5.74) is 1.26. The number of phenols is 4. The predicted octanol–water partition coefficient (Wildman–Crippen LogP) is 3.21. The van der Waals surface area contributed by atoms with Crippen LogP contribution in [0.1, 0.15) is 31.1 Å². The smallest absolute Gasteiger partial charge is 0.157 e. The van der Waals surface area contributed by atoms with Crippen LogP contribution in [0, 0.1) is 0 Å². The van der Waals surface area contributed by atoms with Gasteiger partial charge < -0.3 is 25.2 Å². The van der Waals surface area contributed by atoms with Gasteiger partial charge in [-0.25, -0.2) is 0 Å². The molecule has 2 aromatic carbocycles. The van der Waals surface area contributed by atoms with E-state index in [9.17, 15) is 20.4 Å². The highest BCUT2D eigenvalue weighted by molar-refractivity contribution is 5.50. The van der Waals surface area contributed by atoms with Gasteiger partial charge in [0.05, 0.1) is 0 Å². The number of hydrogen-bond donors (Lipinski definition) is 4. The molecular weight excluding hydrogens is 272 g/mol. The molecule has 0 aliphatic heterocycles. The van der Waals surface area contributed by atoms with Crippen LogP contribution in [0.2, 0.25) is 0 Å². The molecule has 0 bridgehead atoms. The van der Waals surface area contributed by atoms with E-state index in [1.165, 1.54) is 24.3 Å². The predicted molar refractivity (Wildman–Crippen MR) is 78.0 cm³/mol. The summed E-state index contributed by atoms with van der Waals surface area (Å²) >= 11 is 0. The molecule has 0 saturated heterocycles. The van der Waals surface area contributed by atoms with Gasteiger partial charge in [0, 0.05) is 17.7 Å². The number of rotatable bonds is 4. The maximum absolute atomic E-state index is 9.82. The van der Waals surface area contributed by atoms with Crippen LogP contribution < -0.4 is 4.74 Å². The molecule has 4 N–H and O–H groups in total. The molecular formula is C16H18O5. The first-order valence-electron chi connectivity index (χ1n) is 6.65. The lowest BCUT2D eigenvalue weighted by atomic mass is 10.1. The Balaban J connectivity index is 2.30. The van der Waals surface area contributed by atoms with Gasteiger partial charge in [-0.2, -0.15) is 0 Å². The second-order valence-corrected chi connectivity index (χ2v) is 4.80. The summed E-state index contributed by atoms with van der Waals surface area (Å²) in [6, 6.07) is 7.13. The Kier molecular flexibility index (Phi) is 4.12. The third-order valence-corrected chi connectivity index (χ3v) is 3.30. The number of benzene rings is 2. The van der Waals surface area contributed by atoms with Crippen molar-refractivity contribution in [1.29, 1.82) is 0 Å². The molecule has 5 nitrogen and oxygen atoms in total. The quantitative estimate of drug-likeness (QED) is 0.649. The Labute approximate surface area is 122 Å². The van der Waals surface area contributed by atoms with Crippen LogP contribution in [-0.4, -0.2) is 20.4 Å². The van der Waals surface area contributed by atoms with E-state index in [1.807, 2.05) is 6.92 Å². The summed E-state index contributed by atoms with van der Waals surface area (Å²) in [7, 11) is 0. The van der Waals surface area contributed by atoms with Crippen molar-refractivity contribution in [3.8, 4) is 28.7 Å². The van der Waals surface area contributed by atoms with E-state index in [-0.39, 0.29) is 23.0 Å². The summed E-state index contributed by atoms with van der Waals surface area (Å²) in [4.78, 5) is 0. The van der Waals surface area contributed by atoms with Crippen molar-refractivity contribution in [3.63, 3.8) is 0 Å². The van der Waals surface area contributed by atoms with E-state index >= 15 is 0 Å². The lowest BCUT2D eigenvalue weighted by Crippen LogP contribution is -2.05. The lowest BCUT2D eigenvalue weighted by Gasteiger charge is -2.18. The van der Waals surface area contributed by atoms with Crippen LogP contribution in [0.3, 0.4) is 0 Å². The first kappa shape index (κ1) is 14.8. The van der Waals surface area contributed by atoms with E-state index in [1.54, 1.807) is 13.0 Å². The van der Waals surface area contributed by atoms with Gasteiger partial charge in [0.25, 0.3) is 0 Å². The molecule has 0 radical (unpaired) electrons. The molecule has 0 aliphatic rings. The summed E-state index contributed by atoms with van der Waals surface area (Å²) < 4.78 is 5.77. The van der Waals surface area contributed by atoms with Gasteiger partial charge in [-0.3, -0.25) is 0 Å². The van der Waals surface area contributed by atoms with Crippen LogP contribution >= 0.6 is 0 Å². The minimum Gasteiger partial charge on any atom is -0.508 e. The molecule has 112 valence electrons. The van der Waals surface area contributed by atoms with Crippen LogP contribution in [0.5, 0.6) is 28.7 Å². The first-order valence-corrected chi connectivity index (χ1v) is 6.65. The number of hydrogen-bond acceptors (Lipinski definition) is 5. The van der Waals surface area contributed by atoms with Gasteiger partial charge in [0.15, 0.2) is 11.5 Å². The SMILES string of the molecule is CCc1c(O)cc(O)cc1O[C@@H](C)c1ccc(O)c(O)c1. The Hall–Kier alpha value is -2.56. The van der Waals surface area contributed by atoms with Gasteiger partial charge in [-0.05, 0) is 31.0 Å². The molecule has 2 rings (SSSR count). The summed E-state index contributed by atoms with van der Waals surface area (Å²) in [5.74, 6) is -0.142. The van der Waals surface area contributed by atoms with Crippen LogP contribution in [0.25, 0.3) is 0 Å². The lowest BCUT2D eigenvalue weighted by molar-refractivity contribution is 0.222. The largest absolute Gasteiger partial charge is 0.508 e. The minimum atomic E-state index is -0.428. The Bertz CT molecular complexity index is 651. The molecule has 2 aromatic rings. The van der Waals surface area contributed by atoms with Crippen molar-refractivity contribution < 1.29 is 25.2 Å². The second kappa shape index (κ2) is 5.83. The van der Waals surface area contributed by atoms with Gasteiger partial charge in [-0.1, -0.05) is 13.0 Å². The number of aromatic hydroxyl groups is 4. The molecule has 0 spiro atoms. The maximum atomic E-state index is 9.82. The highest BCUT2D eigenvalue weighted by Gasteiger charge is 2.15. The highest BCUT2D eigenvalue weighted by atomic mass is 16.5. The average Bonchev–Trinajstić information content (AvgIpc) is 2.41. The summed E-state index contributed by atoms with van der Waals surface area (Å²) in [5, 5.41) is 38.2. The average molecular weight is 290 g/mol. The second-order valence-electron chi connectivity index (χ2n) is 4.80. The molecule has 0 unspecified atom stereocenters. The standard InChI is InChI=1S/C16H18O5/c1-3-12-14(19)7-11(17)8-16(12)21-9(2)10-4-5-13(18)15(20)6-10/h4-9,17-20H,3H2,1-2H3/t9-/m0/s1. The summed E-state index contributed by atoms with van der Waals surface area (Å²) in [6.07, 6.45) is 0.123. The van der Waals surface area contributed by atoms with Crippen molar-refractivity contribution in [2.24, 2.45) is 0 Å². The monoisotopic (exact) mass is 290 g/mol. The molecule has 0 fully saturated rings. The zero-order chi connectivity index (χ0) is 15.6. The highest BCUT2D eigenvalue weighted by Crippen LogP contribution is 2.36. The van der Waals surface area contributed by atoms with Gasteiger partial charge in [-0.15, -0.1) is 0 Å². The third-order valence-electron chi connectivity index (χ3n) is 3.30. The summed E-state index contributed by atoms with van der Waals surface area (Å²) in [6.45, 7) is 3.64. The van der Waals surface area contributed by atoms with E-state index < -0.39 is 6.10 Å². The molecule has 0 amide bonds. The Morgan fingerprint density at radius 2 is 1.67 bits per heavy atom. The van der Waals surface area contributed by atoms with Crippen molar-refractivity contribution in [1.82, 2.24) is 0 Å². The van der Waals surface area contributed by atoms with Crippen LogP contribution in [0.15, 0.2) is 30.3 Å². The van der Waals surface area contributed by atoms with Crippen molar-refractivity contribution in [3.05, 3.63) is 41.5 Å². The van der Waals surface area contributed by atoms with E-state index in [0.29, 0.717) is 23.3 Å². The van der Waals surface area contributed by atoms with Gasteiger partial charge in [0.2, 0.25) is 0 Å². The van der Waals surface area contributed by atoms with Gasteiger partial charge in [0.1, 0.15) is 23.4 Å². The Morgan fingerprint density at radius 1 is 0.952 bits per heavy atom. The molecule has 0 aromatic heterocycles. The molecule has 5 heteroatoms. The fourth-order valence-corrected chi connectivity index (χ4v) is 2.13. The Morgan fingerprint density at radius 3 is 2.29 bits per heavy atom. The zero-order valence-corrected chi connectivity index (χ0v) is 11.9. The molecule has 21 heavy (non-hydrogen) atoms. The topological polar surface area (TPSA) is 90.2 Å². The fourth-order valence-electron chi connectivity index (χ4n) is 2.13. The van der Waals surface area contributed by atoms with E-state index in [4.69, 9.17) is 4.74 Å². The van der Waals surface area contributed by atoms with Crippen molar-refractivity contribution in [2.75, 3.05) is 0 Å². The number of ether oxygens (including phenoxy) is 1. The van der Waals surface area contributed by atoms with E-state index in [2.05, 4.69) is 0 Å². The van der Waals surface area contributed by atoms with Gasteiger partial charge >= 0.3 is 0 Å². The normalized spacial score (nSPS) is 12.1. The molecule has 0 saturated carbocycles. The van der Waals surface area contributed by atoms with Crippen molar-refractivity contribution in [2.45, 2.75) is 26.4 Å². The molecule has 1 atom stereocenters. The molecule has 0 heterocycles. The van der Waals surface area contributed by atoms with E-state index in [0.717, 1.165) is 0 Å². The minimum absolute atomic E-state index is 0.0201.